The van der Waals surface area contributed by atoms with E-state index in [2.05, 4.69) is 32.3 Å². The van der Waals surface area contributed by atoms with Crippen LogP contribution >= 0.6 is 35.3 Å². The van der Waals surface area contributed by atoms with Crippen LogP contribution < -0.4 is 5.32 Å². The number of aromatic nitrogens is 1. The number of guanidine groups is 1. The summed E-state index contributed by atoms with van der Waals surface area (Å²) in [6, 6.07) is 3.95. The van der Waals surface area contributed by atoms with Gasteiger partial charge in [-0.2, -0.15) is 11.3 Å². The number of hydrogen-bond acceptors (Lipinski definition) is 4. The molecular formula is C12H17IN4OS. The van der Waals surface area contributed by atoms with Gasteiger partial charge in [-0.05, 0) is 22.4 Å². The number of rotatable bonds is 4. The van der Waals surface area contributed by atoms with Crippen molar-refractivity contribution in [3.05, 3.63) is 40.4 Å². The molecule has 0 bridgehead atoms. The summed E-state index contributed by atoms with van der Waals surface area (Å²) < 4.78 is 4.81. The molecule has 2 heterocycles. The average molecular weight is 392 g/mol. The smallest absolute Gasteiger partial charge is 0.194 e. The zero-order valence-corrected chi connectivity index (χ0v) is 14.0. The summed E-state index contributed by atoms with van der Waals surface area (Å²) in [5.74, 6) is 0.837. The predicted molar refractivity (Wildman–Crippen MR) is 87.9 cm³/mol. The summed E-state index contributed by atoms with van der Waals surface area (Å²) in [6.45, 7) is 1.44. The summed E-state index contributed by atoms with van der Waals surface area (Å²) in [5.41, 5.74) is 2.15. The van der Waals surface area contributed by atoms with E-state index >= 15 is 0 Å². The van der Waals surface area contributed by atoms with Gasteiger partial charge in [0.15, 0.2) is 5.96 Å². The molecule has 0 saturated heterocycles. The molecule has 0 saturated carbocycles. The van der Waals surface area contributed by atoms with Crippen molar-refractivity contribution in [2.45, 2.75) is 13.1 Å². The van der Waals surface area contributed by atoms with Crippen LogP contribution in [0.1, 0.15) is 11.3 Å². The van der Waals surface area contributed by atoms with Crippen molar-refractivity contribution >= 4 is 41.3 Å². The molecule has 19 heavy (non-hydrogen) atoms. The van der Waals surface area contributed by atoms with Crippen molar-refractivity contribution in [2.75, 3.05) is 14.1 Å². The molecule has 0 spiro atoms. The molecule has 104 valence electrons. The molecular weight excluding hydrogens is 375 g/mol. The number of hydrogen-bond donors (Lipinski definition) is 1. The van der Waals surface area contributed by atoms with Crippen molar-refractivity contribution < 1.29 is 4.52 Å². The van der Waals surface area contributed by atoms with E-state index in [0.717, 1.165) is 18.2 Å². The number of nitrogens with zero attached hydrogens (tertiary/aromatic N) is 3. The first-order valence-electron chi connectivity index (χ1n) is 5.61. The fraction of sp³-hybridized carbons (Fsp3) is 0.333. The van der Waals surface area contributed by atoms with Crippen LogP contribution in [0.3, 0.4) is 0 Å². The fourth-order valence-electron chi connectivity index (χ4n) is 1.60. The SMILES string of the molecule is CN=C(NCc1ccsc1)N(C)Cc1ccon1.I. The van der Waals surface area contributed by atoms with E-state index in [9.17, 15) is 0 Å². The van der Waals surface area contributed by atoms with E-state index in [-0.39, 0.29) is 24.0 Å². The second kappa shape index (κ2) is 8.16. The van der Waals surface area contributed by atoms with Crippen LogP contribution in [0.4, 0.5) is 0 Å². The molecule has 1 N–H and O–H groups in total. The van der Waals surface area contributed by atoms with Crippen molar-refractivity contribution in [3.63, 3.8) is 0 Å². The van der Waals surface area contributed by atoms with E-state index in [0.29, 0.717) is 6.54 Å². The van der Waals surface area contributed by atoms with Crippen molar-refractivity contribution in [2.24, 2.45) is 4.99 Å². The van der Waals surface area contributed by atoms with Crippen LogP contribution in [0, 0.1) is 0 Å². The summed E-state index contributed by atoms with van der Waals surface area (Å²) in [4.78, 5) is 6.25. The number of aliphatic imine (C=N–C) groups is 1. The summed E-state index contributed by atoms with van der Waals surface area (Å²) in [5, 5.41) is 11.4. The molecule has 2 aromatic heterocycles. The topological polar surface area (TPSA) is 53.7 Å². The lowest BCUT2D eigenvalue weighted by atomic mass is 10.3. The Bertz CT molecular complexity index is 484. The Labute approximate surface area is 133 Å². The van der Waals surface area contributed by atoms with E-state index in [1.165, 1.54) is 5.56 Å². The number of halogens is 1. The fourth-order valence-corrected chi connectivity index (χ4v) is 2.26. The van der Waals surface area contributed by atoms with E-state index in [4.69, 9.17) is 4.52 Å². The molecule has 2 aromatic rings. The molecule has 7 heteroatoms. The van der Waals surface area contributed by atoms with Gasteiger partial charge in [-0.1, -0.05) is 5.16 Å². The molecule has 0 aliphatic carbocycles. The monoisotopic (exact) mass is 392 g/mol. The first kappa shape index (κ1) is 16.0. The largest absolute Gasteiger partial charge is 0.364 e. The molecule has 0 unspecified atom stereocenters. The highest BCUT2D eigenvalue weighted by molar-refractivity contribution is 14.0. The minimum absolute atomic E-state index is 0. The number of thiophene rings is 1. The Morgan fingerprint density at radius 3 is 2.95 bits per heavy atom. The Hall–Kier alpha value is -1.09. The molecule has 0 fully saturated rings. The molecule has 5 nitrogen and oxygen atoms in total. The summed E-state index contributed by atoms with van der Waals surface area (Å²) >= 11 is 1.70. The molecule has 0 radical (unpaired) electrons. The van der Waals surface area contributed by atoms with Gasteiger partial charge in [-0.15, -0.1) is 24.0 Å². The average Bonchev–Trinajstić information content (AvgIpc) is 3.02. The van der Waals surface area contributed by atoms with Gasteiger partial charge in [0.1, 0.15) is 12.0 Å². The van der Waals surface area contributed by atoms with Crippen LogP contribution in [0.5, 0.6) is 0 Å². The van der Waals surface area contributed by atoms with Crippen LogP contribution in [-0.2, 0) is 13.1 Å². The van der Waals surface area contributed by atoms with Crippen molar-refractivity contribution in [1.29, 1.82) is 0 Å². The van der Waals surface area contributed by atoms with Gasteiger partial charge in [0.05, 0.1) is 6.54 Å². The third kappa shape index (κ3) is 4.83. The first-order chi connectivity index (χ1) is 8.79. The van der Waals surface area contributed by atoms with Gasteiger partial charge in [0.25, 0.3) is 0 Å². The van der Waals surface area contributed by atoms with Gasteiger partial charge < -0.3 is 14.7 Å². The molecule has 0 aliphatic rings. The maximum Gasteiger partial charge on any atom is 0.194 e. The lowest BCUT2D eigenvalue weighted by Gasteiger charge is -2.20. The quantitative estimate of drug-likeness (QED) is 0.494. The minimum Gasteiger partial charge on any atom is -0.364 e. The van der Waals surface area contributed by atoms with Crippen LogP contribution in [0.25, 0.3) is 0 Å². The van der Waals surface area contributed by atoms with Crippen LogP contribution in [0.2, 0.25) is 0 Å². The molecule has 2 rings (SSSR count). The first-order valence-corrected chi connectivity index (χ1v) is 6.56. The highest BCUT2D eigenvalue weighted by atomic mass is 127. The molecule has 0 aliphatic heterocycles. The van der Waals surface area contributed by atoms with Gasteiger partial charge in [0, 0.05) is 26.7 Å². The van der Waals surface area contributed by atoms with Crippen molar-refractivity contribution in [1.82, 2.24) is 15.4 Å². The van der Waals surface area contributed by atoms with E-state index < -0.39 is 0 Å². The van der Waals surface area contributed by atoms with Gasteiger partial charge in [-0.25, -0.2) is 0 Å². The van der Waals surface area contributed by atoms with Crippen molar-refractivity contribution in [3.8, 4) is 0 Å². The van der Waals surface area contributed by atoms with E-state index in [1.807, 2.05) is 18.0 Å². The lowest BCUT2D eigenvalue weighted by Crippen LogP contribution is -2.38. The van der Waals surface area contributed by atoms with Crippen LogP contribution in [0.15, 0.2) is 38.7 Å². The maximum absolute atomic E-state index is 4.81. The summed E-state index contributed by atoms with van der Waals surface area (Å²) in [7, 11) is 3.74. The normalized spacial score (nSPS) is 10.9. The Morgan fingerprint density at radius 2 is 2.37 bits per heavy atom. The molecule has 0 atom stereocenters. The zero-order valence-electron chi connectivity index (χ0n) is 10.9. The van der Waals surface area contributed by atoms with Gasteiger partial charge in [0.2, 0.25) is 0 Å². The molecule has 0 aromatic carbocycles. The minimum atomic E-state index is 0. The third-order valence-electron chi connectivity index (χ3n) is 2.49. The Morgan fingerprint density at radius 1 is 1.53 bits per heavy atom. The van der Waals surface area contributed by atoms with E-state index in [1.54, 1.807) is 24.6 Å². The second-order valence-corrected chi connectivity index (χ2v) is 4.66. The zero-order chi connectivity index (χ0) is 12.8. The van der Waals surface area contributed by atoms with Gasteiger partial charge >= 0.3 is 0 Å². The van der Waals surface area contributed by atoms with Crippen LogP contribution in [-0.4, -0.2) is 30.1 Å². The highest BCUT2D eigenvalue weighted by Crippen LogP contribution is 2.05. The van der Waals surface area contributed by atoms with Gasteiger partial charge in [-0.3, -0.25) is 4.99 Å². The lowest BCUT2D eigenvalue weighted by molar-refractivity contribution is 0.391. The highest BCUT2D eigenvalue weighted by Gasteiger charge is 2.08. The maximum atomic E-state index is 4.81. The standard InChI is InChI=1S/C12H16N4OS.HI/c1-13-12(14-7-10-4-6-18-9-10)16(2)8-11-3-5-17-15-11;/h3-6,9H,7-8H2,1-2H3,(H,13,14);1H. The summed E-state index contributed by atoms with van der Waals surface area (Å²) in [6.07, 6.45) is 1.57. The molecule has 0 amide bonds. The predicted octanol–water partition coefficient (Wildman–Crippen LogP) is 2.56. The third-order valence-corrected chi connectivity index (χ3v) is 3.23. The second-order valence-electron chi connectivity index (χ2n) is 3.88. The Kier molecular flexibility index (Phi) is 6.85. The Balaban J connectivity index is 0.00000180. The number of nitrogens with one attached hydrogen (secondary N) is 1.